The van der Waals surface area contributed by atoms with Gasteiger partial charge in [-0.05, 0) is 30.0 Å². The van der Waals surface area contributed by atoms with E-state index in [1.165, 1.54) is 0 Å². The fourth-order valence-corrected chi connectivity index (χ4v) is 2.73. The number of likely N-dealkylation sites (tertiary alicyclic amines) is 1. The number of amides is 1. The molecule has 2 fully saturated rings. The average molecular weight is 237 g/mol. The van der Waals surface area contributed by atoms with Gasteiger partial charge >= 0.3 is 0 Å². The second-order valence-electron chi connectivity index (χ2n) is 4.63. The van der Waals surface area contributed by atoms with Gasteiger partial charge in [0.2, 0.25) is 0 Å². The Morgan fingerprint density at radius 2 is 2.06 bits per heavy atom. The van der Waals surface area contributed by atoms with Crippen molar-refractivity contribution in [2.45, 2.75) is 6.04 Å². The molecule has 4 heteroatoms. The van der Waals surface area contributed by atoms with Crippen LogP contribution in [0.5, 0.6) is 0 Å². The summed E-state index contributed by atoms with van der Waals surface area (Å²) in [7, 11) is 0. The van der Waals surface area contributed by atoms with E-state index in [0.29, 0.717) is 28.5 Å². The summed E-state index contributed by atoms with van der Waals surface area (Å²) >= 11 is 5.87. The Labute approximate surface area is 99.2 Å². The van der Waals surface area contributed by atoms with Gasteiger partial charge in [-0.2, -0.15) is 0 Å². The summed E-state index contributed by atoms with van der Waals surface area (Å²) < 4.78 is 0. The summed E-state index contributed by atoms with van der Waals surface area (Å²) in [5.74, 6) is 1.13. The highest BCUT2D eigenvalue weighted by Gasteiger charge is 2.54. The lowest BCUT2D eigenvalue weighted by Gasteiger charge is -2.19. The van der Waals surface area contributed by atoms with Crippen LogP contribution in [0.1, 0.15) is 10.4 Å². The topological polar surface area (TPSA) is 46.3 Å². The van der Waals surface area contributed by atoms with Gasteiger partial charge in [0.25, 0.3) is 5.91 Å². The van der Waals surface area contributed by atoms with Gasteiger partial charge in [0.1, 0.15) is 0 Å². The lowest BCUT2D eigenvalue weighted by Crippen LogP contribution is -2.33. The molecule has 1 aromatic rings. The van der Waals surface area contributed by atoms with Crippen molar-refractivity contribution in [3.63, 3.8) is 0 Å². The third kappa shape index (κ3) is 1.51. The Bertz CT molecular complexity index is 436. The predicted octanol–water partition coefficient (Wildman–Crippen LogP) is 1.37. The first-order valence-corrected chi connectivity index (χ1v) is 5.85. The van der Waals surface area contributed by atoms with Crippen LogP contribution in [-0.2, 0) is 0 Å². The van der Waals surface area contributed by atoms with Crippen LogP contribution >= 0.6 is 11.6 Å². The number of carbonyl (C=O) groups excluding carboxylic acids is 1. The summed E-state index contributed by atoms with van der Waals surface area (Å²) in [6.07, 6.45) is 0. The van der Waals surface area contributed by atoms with E-state index >= 15 is 0 Å². The fourth-order valence-electron chi connectivity index (χ4n) is 2.54. The summed E-state index contributed by atoms with van der Waals surface area (Å²) in [5.41, 5.74) is 6.51. The molecule has 2 aliphatic rings. The van der Waals surface area contributed by atoms with Gasteiger partial charge in [0.15, 0.2) is 0 Å². The van der Waals surface area contributed by atoms with Crippen LogP contribution < -0.4 is 5.73 Å². The fraction of sp³-hybridized carbons (Fsp3) is 0.417. The van der Waals surface area contributed by atoms with Crippen molar-refractivity contribution >= 4 is 17.5 Å². The number of carbonyl (C=O) groups is 1. The number of hydrogen-bond acceptors (Lipinski definition) is 2. The molecule has 1 saturated carbocycles. The van der Waals surface area contributed by atoms with E-state index in [0.717, 1.165) is 13.1 Å². The third-order valence-electron chi connectivity index (χ3n) is 3.62. The Balaban J connectivity index is 1.75. The zero-order chi connectivity index (χ0) is 11.3. The molecule has 1 amide bonds. The highest BCUT2D eigenvalue weighted by Crippen LogP contribution is 2.44. The minimum Gasteiger partial charge on any atom is -0.338 e. The molecule has 2 N–H and O–H groups in total. The molecule has 1 heterocycles. The van der Waals surface area contributed by atoms with Crippen molar-refractivity contribution in [1.29, 1.82) is 0 Å². The predicted molar refractivity (Wildman–Crippen MR) is 62.3 cm³/mol. The molecule has 0 spiro atoms. The first kappa shape index (κ1) is 10.1. The maximum absolute atomic E-state index is 12.1. The first-order valence-electron chi connectivity index (χ1n) is 5.47. The van der Waals surface area contributed by atoms with Crippen LogP contribution in [0.4, 0.5) is 0 Å². The zero-order valence-electron chi connectivity index (χ0n) is 8.77. The molecule has 16 heavy (non-hydrogen) atoms. The van der Waals surface area contributed by atoms with Gasteiger partial charge in [0.05, 0.1) is 0 Å². The number of halogens is 1. The van der Waals surface area contributed by atoms with Crippen LogP contribution in [0, 0.1) is 11.8 Å². The minimum absolute atomic E-state index is 0.0712. The standard InChI is InChI=1S/C12H13ClN2O/c13-8-3-1-2-7(4-8)12(16)15-5-9-10(6-15)11(9)14/h1-4,9-11H,5-6,14H2. The molecule has 3 rings (SSSR count). The van der Waals surface area contributed by atoms with E-state index in [1.54, 1.807) is 24.3 Å². The molecule has 1 aliphatic heterocycles. The second-order valence-corrected chi connectivity index (χ2v) is 5.06. The molecule has 1 saturated heterocycles. The minimum atomic E-state index is 0.0712. The van der Waals surface area contributed by atoms with Gasteiger partial charge in [-0.15, -0.1) is 0 Å². The van der Waals surface area contributed by atoms with E-state index in [-0.39, 0.29) is 5.91 Å². The Kier molecular flexibility index (Phi) is 2.19. The van der Waals surface area contributed by atoms with E-state index in [2.05, 4.69) is 0 Å². The molecule has 1 aliphatic carbocycles. The maximum Gasteiger partial charge on any atom is 0.253 e. The Morgan fingerprint density at radius 3 is 2.69 bits per heavy atom. The monoisotopic (exact) mass is 236 g/mol. The largest absolute Gasteiger partial charge is 0.338 e. The van der Waals surface area contributed by atoms with Crippen molar-refractivity contribution < 1.29 is 4.79 Å². The van der Waals surface area contributed by atoms with Crippen molar-refractivity contribution in [1.82, 2.24) is 4.90 Å². The van der Waals surface area contributed by atoms with Gasteiger partial charge in [-0.3, -0.25) is 4.79 Å². The SMILES string of the molecule is NC1C2CN(C(=O)c3cccc(Cl)c3)CC12. The van der Waals surface area contributed by atoms with Crippen LogP contribution in [0.3, 0.4) is 0 Å². The van der Waals surface area contributed by atoms with E-state index < -0.39 is 0 Å². The lowest BCUT2D eigenvalue weighted by molar-refractivity contribution is 0.0773. The Morgan fingerprint density at radius 1 is 1.38 bits per heavy atom. The maximum atomic E-state index is 12.1. The summed E-state index contributed by atoms with van der Waals surface area (Å²) in [5, 5.41) is 0.604. The number of rotatable bonds is 1. The van der Waals surface area contributed by atoms with Gasteiger partial charge in [0, 0.05) is 29.7 Å². The van der Waals surface area contributed by atoms with Crippen molar-refractivity contribution in [3.8, 4) is 0 Å². The molecule has 0 bridgehead atoms. The quantitative estimate of drug-likeness (QED) is 0.801. The number of nitrogens with two attached hydrogens (primary N) is 1. The molecule has 0 radical (unpaired) electrons. The number of hydrogen-bond donors (Lipinski definition) is 1. The van der Waals surface area contributed by atoms with Gasteiger partial charge in [-0.25, -0.2) is 0 Å². The second kappa shape index (κ2) is 3.47. The molecule has 0 aromatic heterocycles. The number of piperidine rings is 1. The normalized spacial score (nSPS) is 31.4. The van der Waals surface area contributed by atoms with Crippen LogP contribution in [-0.4, -0.2) is 29.9 Å². The van der Waals surface area contributed by atoms with Crippen LogP contribution in [0.2, 0.25) is 5.02 Å². The van der Waals surface area contributed by atoms with E-state index in [9.17, 15) is 4.79 Å². The number of nitrogens with zero attached hydrogens (tertiary/aromatic N) is 1. The van der Waals surface area contributed by atoms with Gasteiger partial charge in [-0.1, -0.05) is 17.7 Å². The lowest BCUT2D eigenvalue weighted by atomic mass is 10.2. The van der Waals surface area contributed by atoms with Crippen LogP contribution in [0.25, 0.3) is 0 Å². The summed E-state index contributed by atoms with van der Waals surface area (Å²) in [4.78, 5) is 14.0. The van der Waals surface area contributed by atoms with Gasteiger partial charge < -0.3 is 10.6 Å². The van der Waals surface area contributed by atoms with E-state index in [4.69, 9.17) is 17.3 Å². The third-order valence-corrected chi connectivity index (χ3v) is 3.85. The van der Waals surface area contributed by atoms with E-state index in [1.807, 2.05) is 4.90 Å². The summed E-state index contributed by atoms with van der Waals surface area (Å²) in [6.45, 7) is 1.61. The first-order chi connectivity index (χ1) is 7.66. The number of benzene rings is 1. The molecule has 2 unspecified atom stereocenters. The molecule has 3 nitrogen and oxygen atoms in total. The molecular formula is C12H13ClN2O. The average Bonchev–Trinajstić information content (AvgIpc) is 2.74. The molecule has 84 valence electrons. The molecule has 2 atom stereocenters. The summed E-state index contributed by atoms with van der Waals surface area (Å²) in [6, 6.07) is 7.42. The van der Waals surface area contributed by atoms with Crippen molar-refractivity contribution in [2.75, 3.05) is 13.1 Å². The van der Waals surface area contributed by atoms with Crippen molar-refractivity contribution in [3.05, 3.63) is 34.9 Å². The highest BCUT2D eigenvalue weighted by molar-refractivity contribution is 6.30. The zero-order valence-corrected chi connectivity index (χ0v) is 9.52. The molecular weight excluding hydrogens is 224 g/mol. The number of fused-ring (bicyclic) bond motifs is 1. The van der Waals surface area contributed by atoms with Crippen LogP contribution in [0.15, 0.2) is 24.3 Å². The molecule has 1 aromatic carbocycles. The van der Waals surface area contributed by atoms with Crippen molar-refractivity contribution in [2.24, 2.45) is 17.6 Å². The Hall–Kier alpha value is -1.06. The highest BCUT2D eigenvalue weighted by atomic mass is 35.5. The smallest absolute Gasteiger partial charge is 0.253 e.